The molecule has 3 rings (SSSR count). The minimum Gasteiger partial charge on any atom is -0.438 e. The number of rotatable bonds is 4. The molecule has 0 unspecified atom stereocenters. The number of para-hydroxylation sites is 1. The highest BCUT2D eigenvalue weighted by Crippen LogP contribution is 2.39. The quantitative estimate of drug-likeness (QED) is 0.899. The van der Waals surface area contributed by atoms with Crippen molar-refractivity contribution in [3.8, 4) is 0 Å². The number of H-pyrrole nitrogens is 1. The number of carbonyl (C=O) groups is 1. The summed E-state index contributed by atoms with van der Waals surface area (Å²) in [5.74, 6) is -0.298. The number of nitrogens with zero attached hydrogens (tertiary/aromatic N) is 1. The summed E-state index contributed by atoms with van der Waals surface area (Å²) in [7, 11) is 0. The lowest BCUT2D eigenvalue weighted by molar-refractivity contribution is -0.137. The summed E-state index contributed by atoms with van der Waals surface area (Å²) in [5, 5.41) is 11.6. The summed E-state index contributed by atoms with van der Waals surface area (Å²) < 4.78 is 19.3. The lowest BCUT2D eigenvalue weighted by Crippen LogP contribution is -2.55. The van der Waals surface area contributed by atoms with Crippen molar-refractivity contribution in [1.29, 1.82) is 0 Å². The molecule has 6 heteroatoms. The van der Waals surface area contributed by atoms with Crippen LogP contribution in [0, 0.1) is 12.7 Å². The van der Waals surface area contributed by atoms with Crippen LogP contribution in [0.3, 0.4) is 0 Å². The fourth-order valence-corrected chi connectivity index (χ4v) is 3.44. The van der Waals surface area contributed by atoms with Gasteiger partial charge in [0, 0.05) is 17.6 Å². The first-order valence-corrected chi connectivity index (χ1v) is 8.20. The number of benzene rings is 1. The third kappa shape index (κ3) is 2.28. The summed E-state index contributed by atoms with van der Waals surface area (Å²) in [4.78, 5) is 16.6. The van der Waals surface area contributed by atoms with Crippen molar-refractivity contribution in [2.24, 2.45) is 0 Å². The van der Waals surface area contributed by atoms with Crippen molar-refractivity contribution in [1.82, 2.24) is 9.88 Å². The first-order chi connectivity index (χ1) is 11.2. The van der Waals surface area contributed by atoms with Crippen LogP contribution in [0.4, 0.5) is 9.18 Å². The monoisotopic (exact) mass is 334 g/mol. The number of aromatic amines is 1. The summed E-state index contributed by atoms with van der Waals surface area (Å²) in [6.07, 6.45) is 0.493. The molecule has 0 bridgehead atoms. The molecular weight excluding hydrogens is 311 g/mol. The molecule has 24 heavy (non-hydrogen) atoms. The van der Waals surface area contributed by atoms with Gasteiger partial charge in [0.1, 0.15) is 5.82 Å². The number of carbonyl (C=O) groups excluding carboxylic acids is 1. The number of fused-ring (bicyclic) bond motifs is 1. The molecule has 1 aliphatic rings. The lowest BCUT2D eigenvalue weighted by Gasteiger charge is -2.36. The average Bonchev–Trinajstić information content (AvgIpc) is 2.92. The van der Waals surface area contributed by atoms with Crippen molar-refractivity contribution in [2.45, 2.75) is 51.9 Å². The minimum absolute atomic E-state index is 0.297. The summed E-state index contributed by atoms with van der Waals surface area (Å²) in [6.45, 7) is 7.38. The van der Waals surface area contributed by atoms with Gasteiger partial charge < -0.3 is 14.8 Å². The first-order valence-electron chi connectivity index (χ1n) is 8.20. The molecule has 1 saturated heterocycles. The zero-order valence-electron chi connectivity index (χ0n) is 14.4. The molecule has 0 spiro atoms. The predicted octanol–water partition coefficient (Wildman–Crippen LogP) is 3.49. The third-order valence-electron chi connectivity index (χ3n) is 5.42. The summed E-state index contributed by atoms with van der Waals surface area (Å²) in [6, 6.07) is 4.94. The Bertz CT molecular complexity index is 799. The van der Waals surface area contributed by atoms with E-state index in [9.17, 15) is 14.3 Å². The first kappa shape index (κ1) is 16.8. The lowest BCUT2D eigenvalue weighted by atomic mass is 9.90. The van der Waals surface area contributed by atoms with Crippen molar-refractivity contribution in [3.05, 3.63) is 35.3 Å². The molecule has 2 atom stereocenters. The molecule has 1 aliphatic heterocycles. The fraction of sp³-hybridized carbons (Fsp3) is 0.500. The Kier molecular flexibility index (Phi) is 3.83. The van der Waals surface area contributed by atoms with Crippen molar-refractivity contribution in [3.63, 3.8) is 0 Å². The second-order valence-corrected chi connectivity index (χ2v) is 6.77. The zero-order chi connectivity index (χ0) is 17.7. The van der Waals surface area contributed by atoms with Gasteiger partial charge in [0.25, 0.3) is 0 Å². The van der Waals surface area contributed by atoms with Gasteiger partial charge >= 0.3 is 6.09 Å². The maximum absolute atomic E-state index is 13.9. The van der Waals surface area contributed by atoms with Crippen LogP contribution in [0.25, 0.3) is 10.9 Å². The van der Waals surface area contributed by atoms with Gasteiger partial charge in [0.2, 0.25) is 0 Å². The Hall–Kier alpha value is -2.08. The van der Waals surface area contributed by atoms with E-state index >= 15 is 0 Å². The van der Waals surface area contributed by atoms with Crippen LogP contribution < -0.4 is 0 Å². The highest BCUT2D eigenvalue weighted by molar-refractivity contribution is 5.85. The molecule has 1 amide bonds. The number of hydrogen-bond donors (Lipinski definition) is 2. The van der Waals surface area contributed by atoms with Crippen LogP contribution in [-0.2, 0) is 11.2 Å². The molecule has 1 aromatic heterocycles. The number of aliphatic hydroxyl groups is 1. The molecule has 1 fully saturated rings. The molecule has 2 aromatic rings. The maximum atomic E-state index is 13.9. The summed E-state index contributed by atoms with van der Waals surface area (Å²) in [5.41, 5.74) is -0.0480. The Morgan fingerprint density at radius 1 is 1.38 bits per heavy atom. The smallest absolute Gasteiger partial charge is 0.412 e. The third-order valence-corrected chi connectivity index (χ3v) is 5.42. The number of cyclic esters (lactones) is 1. The Labute approximate surface area is 140 Å². The van der Waals surface area contributed by atoms with Crippen LogP contribution in [-0.4, -0.2) is 39.0 Å². The van der Waals surface area contributed by atoms with Crippen molar-refractivity contribution in [2.75, 3.05) is 6.54 Å². The van der Waals surface area contributed by atoms with Crippen molar-refractivity contribution >= 4 is 17.0 Å². The highest BCUT2D eigenvalue weighted by atomic mass is 19.1. The molecule has 5 nitrogen and oxygen atoms in total. The van der Waals surface area contributed by atoms with Gasteiger partial charge in [-0.2, -0.15) is 0 Å². The number of halogens is 1. The van der Waals surface area contributed by atoms with Crippen LogP contribution in [0.1, 0.15) is 38.4 Å². The van der Waals surface area contributed by atoms with E-state index in [-0.39, 0.29) is 5.82 Å². The molecule has 2 N–H and O–H groups in total. The molecule has 2 heterocycles. The Balaban J connectivity index is 1.88. The van der Waals surface area contributed by atoms with E-state index in [1.54, 1.807) is 19.9 Å². The van der Waals surface area contributed by atoms with E-state index < -0.39 is 17.4 Å². The fourth-order valence-electron chi connectivity index (χ4n) is 3.44. The SMILES string of the molecule is CC[C@@]1(C)OC(=O)N(CCc2c(C)[nH]c3c(F)cccc23)[C@]1(C)O. The highest BCUT2D eigenvalue weighted by Gasteiger charge is 2.58. The van der Waals surface area contributed by atoms with Gasteiger partial charge in [0.15, 0.2) is 11.3 Å². The van der Waals surface area contributed by atoms with Crippen LogP contribution >= 0.6 is 0 Å². The molecule has 0 aliphatic carbocycles. The minimum atomic E-state index is -1.38. The number of aryl methyl sites for hydroxylation is 1. The van der Waals surface area contributed by atoms with E-state index in [1.807, 2.05) is 19.9 Å². The molecule has 0 radical (unpaired) electrons. The Morgan fingerprint density at radius 2 is 2.08 bits per heavy atom. The number of aromatic nitrogens is 1. The molecular formula is C18H23FN2O3. The van der Waals surface area contributed by atoms with Gasteiger partial charge in [-0.05, 0) is 45.2 Å². The van der Waals surface area contributed by atoms with Gasteiger partial charge in [-0.15, -0.1) is 0 Å². The topological polar surface area (TPSA) is 65.6 Å². The van der Waals surface area contributed by atoms with Crippen LogP contribution in [0.15, 0.2) is 18.2 Å². The van der Waals surface area contributed by atoms with E-state index in [0.29, 0.717) is 24.9 Å². The maximum Gasteiger partial charge on any atom is 0.412 e. The van der Waals surface area contributed by atoms with Crippen LogP contribution in [0.2, 0.25) is 0 Å². The van der Waals surface area contributed by atoms with Gasteiger partial charge in [-0.3, -0.25) is 4.90 Å². The van der Waals surface area contributed by atoms with Gasteiger partial charge in [-0.1, -0.05) is 19.1 Å². The van der Waals surface area contributed by atoms with Gasteiger partial charge in [-0.25, -0.2) is 9.18 Å². The van der Waals surface area contributed by atoms with E-state index in [0.717, 1.165) is 16.6 Å². The van der Waals surface area contributed by atoms with E-state index in [1.165, 1.54) is 11.0 Å². The second-order valence-electron chi connectivity index (χ2n) is 6.77. The largest absolute Gasteiger partial charge is 0.438 e. The standard InChI is InChI=1S/C18H23FN2O3/c1-5-17(3)18(4,23)21(16(22)24-17)10-9-12-11(2)20-15-13(12)7-6-8-14(15)19/h6-8,20,23H,5,9-10H2,1-4H3/t17-,18-/m1/s1. The number of hydrogen-bond acceptors (Lipinski definition) is 3. The van der Waals surface area contributed by atoms with E-state index in [4.69, 9.17) is 4.74 Å². The zero-order valence-corrected chi connectivity index (χ0v) is 14.4. The number of amides is 1. The van der Waals surface area contributed by atoms with E-state index in [2.05, 4.69) is 4.98 Å². The average molecular weight is 334 g/mol. The second kappa shape index (κ2) is 5.48. The normalized spacial score (nSPS) is 27.1. The van der Waals surface area contributed by atoms with Gasteiger partial charge in [0.05, 0.1) is 5.52 Å². The molecule has 130 valence electrons. The predicted molar refractivity (Wildman–Crippen MR) is 89.2 cm³/mol. The van der Waals surface area contributed by atoms with Crippen LogP contribution in [0.5, 0.6) is 0 Å². The number of ether oxygens (including phenoxy) is 1. The molecule has 0 saturated carbocycles. The summed E-state index contributed by atoms with van der Waals surface area (Å²) >= 11 is 0. The van der Waals surface area contributed by atoms with Crippen molar-refractivity contribution < 1.29 is 19.0 Å². The number of nitrogens with one attached hydrogen (secondary N) is 1. The molecule has 1 aromatic carbocycles. The Morgan fingerprint density at radius 3 is 2.71 bits per heavy atom.